The van der Waals surface area contributed by atoms with Gasteiger partial charge in [0.2, 0.25) is 5.91 Å². The van der Waals surface area contributed by atoms with Crippen molar-refractivity contribution in [2.75, 3.05) is 31.6 Å². The van der Waals surface area contributed by atoms with Crippen LogP contribution in [0.1, 0.15) is 33.9 Å². The molecule has 0 bridgehead atoms. The van der Waals surface area contributed by atoms with Gasteiger partial charge in [0, 0.05) is 38.7 Å². The molecule has 0 spiro atoms. The van der Waals surface area contributed by atoms with Crippen molar-refractivity contribution in [3.8, 4) is 0 Å². The SMILES string of the molecule is CNC(=O)C1CCN(c2nc(CCc3ccccc3)nc3c2CCNC3=O)C1. The third-order valence-corrected chi connectivity index (χ3v) is 5.49. The summed E-state index contributed by atoms with van der Waals surface area (Å²) in [6, 6.07) is 10.2. The molecular formula is C21H25N5O2. The molecule has 1 atom stereocenters. The van der Waals surface area contributed by atoms with Crippen LogP contribution in [0, 0.1) is 5.92 Å². The van der Waals surface area contributed by atoms with Gasteiger partial charge in [0.05, 0.1) is 5.92 Å². The normalized spacial score (nSPS) is 18.5. The Balaban J connectivity index is 1.62. The maximum absolute atomic E-state index is 12.4. The number of hydrogen-bond acceptors (Lipinski definition) is 5. The highest BCUT2D eigenvalue weighted by molar-refractivity contribution is 5.96. The number of carbonyl (C=O) groups excluding carboxylic acids is 2. The highest BCUT2D eigenvalue weighted by atomic mass is 16.2. The van der Waals surface area contributed by atoms with Gasteiger partial charge >= 0.3 is 0 Å². The number of hydrogen-bond donors (Lipinski definition) is 2. The number of aryl methyl sites for hydroxylation is 2. The van der Waals surface area contributed by atoms with Gasteiger partial charge in [-0.05, 0) is 24.8 Å². The number of anilines is 1. The Labute approximate surface area is 164 Å². The number of rotatable bonds is 5. The smallest absolute Gasteiger partial charge is 0.270 e. The molecule has 2 aliphatic rings. The van der Waals surface area contributed by atoms with Gasteiger partial charge < -0.3 is 15.5 Å². The standard InChI is InChI=1S/C21H25N5O2/c1-22-20(27)15-10-12-26(13-15)19-16-9-11-23-21(28)18(16)24-17(25-19)8-7-14-5-3-2-4-6-14/h2-6,15H,7-13H2,1H3,(H,22,27)(H,23,28). The lowest BCUT2D eigenvalue weighted by Crippen LogP contribution is -2.36. The maximum atomic E-state index is 12.4. The molecule has 2 aromatic rings. The van der Waals surface area contributed by atoms with Crippen LogP contribution >= 0.6 is 0 Å². The van der Waals surface area contributed by atoms with Crippen molar-refractivity contribution < 1.29 is 9.59 Å². The number of amides is 2. The molecular weight excluding hydrogens is 354 g/mol. The number of fused-ring (bicyclic) bond motifs is 1. The zero-order valence-electron chi connectivity index (χ0n) is 16.1. The summed E-state index contributed by atoms with van der Waals surface area (Å²) in [4.78, 5) is 36.0. The zero-order valence-corrected chi connectivity index (χ0v) is 16.1. The minimum atomic E-state index is -0.132. The van der Waals surface area contributed by atoms with Crippen molar-refractivity contribution in [3.63, 3.8) is 0 Å². The summed E-state index contributed by atoms with van der Waals surface area (Å²) in [5, 5.41) is 5.62. The largest absolute Gasteiger partial charge is 0.359 e. The van der Waals surface area contributed by atoms with E-state index in [2.05, 4.69) is 32.7 Å². The Morgan fingerprint density at radius 2 is 2.07 bits per heavy atom. The van der Waals surface area contributed by atoms with Crippen molar-refractivity contribution in [3.05, 3.63) is 53.0 Å². The third-order valence-electron chi connectivity index (χ3n) is 5.49. The minimum absolute atomic E-state index is 0.0409. The molecule has 1 unspecified atom stereocenters. The molecule has 0 aliphatic carbocycles. The van der Waals surface area contributed by atoms with Gasteiger partial charge in [0.1, 0.15) is 17.3 Å². The van der Waals surface area contributed by atoms with Crippen molar-refractivity contribution in [1.29, 1.82) is 0 Å². The van der Waals surface area contributed by atoms with Crippen LogP contribution in [-0.4, -0.2) is 48.5 Å². The number of benzene rings is 1. The lowest BCUT2D eigenvalue weighted by molar-refractivity contribution is -0.123. The van der Waals surface area contributed by atoms with Crippen molar-refractivity contribution in [2.45, 2.75) is 25.7 Å². The van der Waals surface area contributed by atoms with Crippen LogP contribution in [-0.2, 0) is 24.1 Å². The average molecular weight is 379 g/mol. The monoisotopic (exact) mass is 379 g/mol. The predicted molar refractivity (Wildman–Crippen MR) is 106 cm³/mol. The molecule has 7 heteroatoms. The first-order valence-corrected chi connectivity index (χ1v) is 9.84. The molecule has 2 aliphatic heterocycles. The van der Waals surface area contributed by atoms with E-state index >= 15 is 0 Å². The van der Waals surface area contributed by atoms with Crippen molar-refractivity contribution in [1.82, 2.24) is 20.6 Å². The molecule has 1 fully saturated rings. The minimum Gasteiger partial charge on any atom is -0.359 e. The topological polar surface area (TPSA) is 87.2 Å². The van der Waals surface area contributed by atoms with Crippen LogP contribution in [0.4, 0.5) is 5.82 Å². The molecule has 28 heavy (non-hydrogen) atoms. The molecule has 2 N–H and O–H groups in total. The molecule has 3 heterocycles. The summed E-state index contributed by atoms with van der Waals surface area (Å²) in [6.45, 7) is 1.99. The van der Waals surface area contributed by atoms with Crippen molar-refractivity contribution in [2.24, 2.45) is 5.92 Å². The molecule has 1 aromatic heterocycles. The molecule has 2 amide bonds. The van der Waals surface area contributed by atoms with Crippen LogP contribution in [0.25, 0.3) is 0 Å². The van der Waals surface area contributed by atoms with Crippen LogP contribution in [0.3, 0.4) is 0 Å². The van der Waals surface area contributed by atoms with Crippen molar-refractivity contribution >= 4 is 17.6 Å². The Morgan fingerprint density at radius 1 is 1.25 bits per heavy atom. The molecule has 0 radical (unpaired) electrons. The van der Waals surface area contributed by atoms with E-state index in [1.807, 2.05) is 18.2 Å². The fourth-order valence-electron chi connectivity index (χ4n) is 3.96. The van der Waals surface area contributed by atoms with Crippen LogP contribution in [0.5, 0.6) is 0 Å². The van der Waals surface area contributed by atoms with E-state index in [0.717, 1.165) is 37.2 Å². The fourth-order valence-corrected chi connectivity index (χ4v) is 3.96. The van der Waals surface area contributed by atoms with E-state index in [0.29, 0.717) is 31.0 Å². The molecule has 0 saturated carbocycles. The second-order valence-corrected chi connectivity index (χ2v) is 7.33. The second kappa shape index (κ2) is 7.96. The van der Waals surface area contributed by atoms with E-state index in [9.17, 15) is 9.59 Å². The van der Waals surface area contributed by atoms with Gasteiger partial charge in [-0.1, -0.05) is 30.3 Å². The van der Waals surface area contributed by atoms with E-state index in [1.165, 1.54) is 5.56 Å². The van der Waals surface area contributed by atoms with E-state index in [-0.39, 0.29) is 17.7 Å². The van der Waals surface area contributed by atoms with E-state index < -0.39 is 0 Å². The lowest BCUT2D eigenvalue weighted by atomic mass is 10.0. The van der Waals surface area contributed by atoms with Crippen LogP contribution in [0.2, 0.25) is 0 Å². The molecule has 146 valence electrons. The van der Waals surface area contributed by atoms with Crippen LogP contribution in [0.15, 0.2) is 30.3 Å². The highest BCUT2D eigenvalue weighted by Gasteiger charge is 2.32. The summed E-state index contributed by atoms with van der Waals surface area (Å²) in [5.41, 5.74) is 2.61. The number of nitrogens with zero attached hydrogens (tertiary/aromatic N) is 3. The number of carbonyl (C=O) groups is 2. The molecule has 7 nitrogen and oxygen atoms in total. The van der Waals surface area contributed by atoms with Gasteiger partial charge in [-0.25, -0.2) is 9.97 Å². The number of nitrogens with one attached hydrogen (secondary N) is 2. The summed E-state index contributed by atoms with van der Waals surface area (Å²) in [5.74, 6) is 1.40. The van der Waals surface area contributed by atoms with Gasteiger partial charge in [0.25, 0.3) is 5.91 Å². The summed E-state index contributed by atoms with van der Waals surface area (Å²) < 4.78 is 0. The average Bonchev–Trinajstić information content (AvgIpc) is 3.22. The zero-order chi connectivity index (χ0) is 19.5. The molecule has 1 saturated heterocycles. The van der Waals surface area contributed by atoms with E-state index in [1.54, 1.807) is 7.05 Å². The Hall–Kier alpha value is -2.96. The Kier molecular flexibility index (Phi) is 5.23. The maximum Gasteiger partial charge on any atom is 0.270 e. The summed E-state index contributed by atoms with van der Waals surface area (Å²) in [6.07, 6.45) is 3.01. The Bertz CT molecular complexity index is 884. The van der Waals surface area contributed by atoms with E-state index in [4.69, 9.17) is 4.98 Å². The Morgan fingerprint density at radius 3 is 2.86 bits per heavy atom. The quantitative estimate of drug-likeness (QED) is 0.813. The first-order chi connectivity index (χ1) is 13.7. The van der Waals surface area contributed by atoms with Gasteiger partial charge in [-0.15, -0.1) is 0 Å². The first-order valence-electron chi connectivity index (χ1n) is 9.84. The first kappa shape index (κ1) is 18.4. The summed E-state index contributed by atoms with van der Waals surface area (Å²) >= 11 is 0. The fraction of sp³-hybridized carbons (Fsp3) is 0.429. The molecule has 4 rings (SSSR count). The summed E-state index contributed by atoms with van der Waals surface area (Å²) in [7, 11) is 1.67. The molecule has 1 aromatic carbocycles. The van der Waals surface area contributed by atoms with Gasteiger partial charge in [-0.2, -0.15) is 0 Å². The van der Waals surface area contributed by atoms with Gasteiger partial charge in [-0.3, -0.25) is 9.59 Å². The highest BCUT2D eigenvalue weighted by Crippen LogP contribution is 2.29. The second-order valence-electron chi connectivity index (χ2n) is 7.33. The predicted octanol–water partition coefficient (Wildman–Crippen LogP) is 1.12. The number of aromatic nitrogens is 2. The van der Waals surface area contributed by atoms with Crippen LogP contribution < -0.4 is 15.5 Å². The lowest BCUT2D eigenvalue weighted by Gasteiger charge is -2.25. The third kappa shape index (κ3) is 3.69. The van der Waals surface area contributed by atoms with Gasteiger partial charge in [0.15, 0.2) is 0 Å².